The number of halogens is 1. The van der Waals surface area contributed by atoms with Crippen LogP contribution in [-0.4, -0.2) is 53.4 Å². The molecule has 2 aliphatic rings. The van der Waals surface area contributed by atoms with Gasteiger partial charge in [-0.3, -0.25) is 15.0 Å². The van der Waals surface area contributed by atoms with Crippen molar-refractivity contribution in [3.05, 3.63) is 83.2 Å². The molecular formula is C25H27ClN6O5. The normalized spacial score (nSPS) is 19.1. The van der Waals surface area contributed by atoms with Gasteiger partial charge in [-0.2, -0.15) is 0 Å². The van der Waals surface area contributed by atoms with Crippen LogP contribution in [0.2, 0.25) is 5.02 Å². The molecule has 0 bridgehead atoms. The lowest BCUT2D eigenvalue weighted by molar-refractivity contribution is -0.124. The summed E-state index contributed by atoms with van der Waals surface area (Å²) in [5.41, 5.74) is 6.64. The number of nitrogens with two attached hydrogens (primary N) is 1. The number of hydrogen-bond acceptors (Lipinski definition) is 7. The average Bonchev–Trinajstić information content (AvgIpc) is 2.88. The number of anilines is 1. The Morgan fingerprint density at radius 2 is 1.86 bits per heavy atom. The molecule has 2 atom stereocenters. The smallest absolute Gasteiger partial charge is 0.331 e. The van der Waals surface area contributed by atoms with Gasteiger partial charge in [0.1, 0.15) is 18.1 Å². The van der Waals surface area contributed by atoms with E-state index in [1.807, 2.05) is 12.1 Å². The van der Waals surface area contributed by atoms with E-state index in [2.05, 4.69) is 16.0 Å². The van der Waals surface area contributed by atoms with Crippen LogP contribution in [0.4, 0.5) is 15.3 Å². The molecule has 0 saturated carbocycles. The minimum absolute atomic E-state index is 0.221. The van der Waals surface area contributed by atoms with E-state index in [-0.39, 0.29) is 19.7 Å². The monoisotopic (exact) mass is 526 g/mol. The van der Waals surface area contributed by atoms with Crippen LogP contribution >= 0.6 is 11.6 Å². The Hall–Kier alpha value is -4.22. The van der Waals surface area contributed by atoms with E-state index >= 15 is 0 Å². The third kappa shape index (κ3) is 6.72. The molecule has 12 heteroatoms. The largest absolute Gasteiger partial charge is 0.457 e. The summed E-state index contributed by atoms with van der Waals surface area (Å²) < 4.78 is 11.2. The maximum atomic E-state index is 13.1. The van der Waals surface area contributed by atoms with Crippen molar-refractivity contribution in [1.82, 2.24) is 20.4 Å². The van der Waals surface area contributed by atoms with Crippen LogP contribution in [0.25, 0.3) is 0 Å². The number of carbonyl (C=O) groups excluding carboxylic acids is 3. The van der Waals surface area contributed by atoms with Gasteiger partial charge < -0.3 is 25.8 Å². The van der Waals surface area contributed by atoms with E-state index in [9.17, 15) is 14.4 Å². The predicted molar refractivity (Wildman–Crippen MR) is 137 cm³/mol. The van der Waals surface area contributed by atoms with Crippen molar-refractivity contribution in [1.29, 1.82) is 0 Å². The van der Waals surface area contributed by atoms with Crippen LogP contribution in [-0.2, 0) is 16.1 Å². The molecule has 2 aliphatic heterocycles. The van der Waals surface area contributed by atoms with Crippen LogP contribution < -0.4 is 26.4 Å². The first kappa shape index (κ1) is 25.9. The van der Waals surface area contributed by atoms with Crippen molar-refractivity contribution < 1.29 is 23.9 Å². The number of allylic oxidation sites excluding steroid dienone is 1. The molecule has 11 nitrogen and oxygen atoms in total. The minimum atomic E-state index is -0.775. The molecule has 2 unspecified atom stereocenters. The lowest BCUT2D eigenvalue weighted by atomic mass is 10.2. The summed E-state index contributed by atoms with van der Waals surface area (Å²) in [4.78, 5) is 39.2. The molecule has 2 aromatic carbocycles. The molecule has 5 amide bonds. The van der Waals surface area contributed by atoms with Crippen molar-refractivity contribution in [2.24, 2.45) is 5.73 Å². The highest BCUT2D eigenvalue weighted by atomic mass is 35.5. The molecule has 1 fully saturated rings. The van der Waals surface area contributed by atoms with Crippen LogP contribution in [0.15, 0.2) is 72.6 Å². The number of benzene rings is 2. The third-order valence-corrected chi connectivity index (χ3v) is 5.75. The summed E-state index contributed by atoms with van der Waals surface area (Å²) in [6.07, 6.45) is 3.72. The van der Waals surface area contributed by atoms with Gasteiger partial charge in [0.15, 0.2) is 12.5 Å². The number of urea groups is 2. The van der Waals surface area contributed by atoms with Gasteiger partial charge in [-0.05, 0) is 55.0 Å². The van der Waals surface area contributed by atoms with Gasteiger partial charge in [-0.25, -0.2) is 14.5 Å². The quantitative estimate of drug-likeness (QED) is 0.373. The van der Waals surface area contributed by atoms with E-state index in [0.717, 1.165) is 10.5 Å². The number of rotatable bonds is 10. The molecule has 194 valence electrons. The number of dihydropyridines is 1. The number of nitrogens with zero attached hydrogens (tertiary/aromatic N) is 2. The summed E-state index contributed by atoms with van der Waals surface area (Å²) in [5, 5.41) is 9.56. The zero-order valence-electron chi connectivity index (χ0n) is 20.0. The van der Waals surface area contributed by atoms with Crippen LogP contribution in [0, 0.1) is 0 Å². The fraction of sp³-hybridized carbons (Fsp3) is 0.240. The number of nitrogens with one attached hydrogen (secondary N) is 3. The Labute approximate surface area is 218 Å². The highest BCUT2D eigenvalue weighted by Crippen LogP contribution is 2.23. The molecule has 0 radical (unpaired) electrons. The van der Waals surface area contributed by atoms with Crippen molar-refractivity contribution >= 4 is 35.3 Å². The number of amides is 5. The standard InChI is InChI=1S/C25H27ClN6O5/c1-2-31-24(34)30-23(32(25(31)35)14-16-3-5-17(26)6-4-16)29-18-7-9-19(10-8-18)37-20-11-12-28-22(13-20)36-15-21(27)33/h3-13,22-23,28-29H,2,14-15H2,1H3,(H2,27,33)(H,30,34). The molecule has 37 heavy (non-hydrogen) atoms. The number of hydrogen-bond donors (Lipinski definition) is 4. The maximum absolute atomic E-state index is 13.1. The first-order valence-corrected chi connectivity index (χ1v) is 11.9. The van der Waals surface area contributed by atoms with Gasteiger partial charge in [-0.15, -0.1) is 0 Å². The summed E-state index contributed by atoms with van der Waals surface area (Å²) in [7, 11) is 0. The van der Waals surface area contributed by atoms with Gasteiger partial charge in [-0.1, -0.05) is 23.7 Å². The second kappa shape index (κ2) is 11.7. The predicted octanol–water partition coefficient (Wildman–Crippen LogP) is 2.91. The van der Waals surface area contributed by atoms with Gasteiger partial charge in [0, 0.05) is 29.5 Å². The number of ether oxygens (including phenoxy) is 2. The summed E-state index contributed by atoms with van der Waals surface area (Å²) in [6.45, 7) is 2.03. The molecule has 1 saturated heterocycles. The summed E-state index contributed by atoms with van der Waals surface area (Å²) in [5.74, 6) is 0.504. The molecule has 2 heterocycles. The maximum Gasteiger partial charge on any atom is 0.331 e. The van der Waals surface area contributed by atoms with Crippen molar-refractivity contribution in [2.45, 2.75) is 26.0 Å². The first-order chi connectivity index (χ1) is 17.8. The second-order valence-corrected chi connectivity index (χ2v) is 8.61. The molecule has 0 aliphatic carbocycles. The average molecular weight is 527 g/mol. The molecule has 5 N–H and O–H groups in total. The third-order valence-electron chi connectivity index (χ3n) is 5.50. The van der Waals surface area contributed by atoms with Gasteiger partial charge in [0.2, 0.25) is 5.91 Å². The van der Waals surface area contributed by atoms with Crippen LogP contribution in [0.5, 0.6) is 5.75 Å². The van der Waals surface area contributed by atoms with E-state index in [4.69, 9.17) is 26.8 Å². The van der Waals surface area contributed by atoms with Crippen molar-refractivity contribution in [3.8, 4) is 5.75 Å². The van der Waals surface area contributed by atoms with E-state index < -0.39 is 30.5 Å². The Bertz CT molecular complexity index is 1200. The number of primary amides is 1. The zero-order chi connectivity index (χ0) is 26.4. The summed E-state index contributed by atoms with van der Waals surface area (Å²) >= 11 is 5.99. The molecule has 0 spiro atoms. The Morgan fingerprint density at radius 1 is 1.14 bits per heavy atom. The second-order valence-electron chi connectivity index (χ2n) is 8.17. The van der Waals surface area contributed by atoms with Crippen LogP contribution in [0.3, 0.4) is 0 Å². The van der Waals surface area contributed by atoms with Crippen LogP contribution in [0.1, 0.15) is 12.5 Å². The van der Waals surface area contributed by atoms with Crippen molar-refractivity contribution in [3.63, 3.8) is 0 Å². The lowest BCUT2D eigenvalue weighted by Crippen LogP contribution is -2.66. The Morgan fingerprint density at radius 3 is 2.54 bits per heavy atom. The lowest BCUT2D eigenvalue weighted by Gasteiger charge is -2.41. The van der Waals surface area contributed by atoms with Gasteiger partial charge in [0.05, 0.1) is 6.54 Å². The topological polar surface area (TPSA) is 138 Å². The Balaban J connectivity index is 1.43. The van der Waals surface area contributed by atoms with E-state index in [1.54, 1.807) is 61.7 Å². The summed E-state index contributed by atoms with van der Waals surface area (Å²) in [6, 6.07) is 13.3. The van der Waals surface area contributed by atoms with Gasteiger partial charge >= 0.3 is 12.1 Å². The first-order valence-electron chi connectivity index (χ1n) is 11.5. The van der Waals surface area contributed by atoms with Crippen molar-refractivity contribution in [2.75, 3.05) is 18.5 Å². The fourth-order valence-corrected chi connectivity index (χ4v) is 3.82. The molecule has 4 rings (SSSR count). The SMILES string of the molecule is CCN1C(=O)NC(Nc2ccc(OC3=CC(OCC(N)=O)NC=C3)cc2)N(Cc2ccc(Cl)cc2)C1=O. The molecule has 0 aromatic heterocycles. The Kier molecular flexibility index (Phi) is 8.16. The number of imide groups is 1. The highest BCUT2D eigenvalue weighted by molar-refractivity contribution is 6.30. The van der Waals surface area contributed by atoms with E-state index in [0.29, 0.717) is 22.2 Å². The number of carbonyl (C=O) groups is 3. The molecule has 2 aromatic rings. The molecular weight excluding hydrogens is 500 g/mol. The van der Waals surface area contributed by atoms with Gasteiger partial charge in [0.25, 0.3) is 0 Å². The van der Waals surface area contributed by atoms with E-state index in [1.165, 1.54) is 4.90 Å². The zero-order valence-corrected chi connectivity index (χ0v) is 20.8. The highest BCUT2D eigenvalue weighted by Gasteiger charge is 2.37. The minimum Gasteiger partial charge on any atom is -0.457 e. The fourth-order valence-electron chi connectivity index (χ4n) is 3.69.